The first-order valence-electron chi connectivity index (χ1n) is 12.0. The zero-order valence-corrected chi connectivity index (χ0v) is 21.9. The van der Waals surface area contributed by atoms with E-state index in [2.05, 4.69) is 47.8 Å². The number of hydrogen-bond acceptors (Lipinski definition) is 5. The Hall–Kier alpha value is -3.36. The van der Waals surface area contributed by atoms with Gasteiger partial charge in [-0.3, -0.25) is 0 Å². The summed E-state index contributed by atoms with van der Waals surface area (Å²) in [5.41, 5.74) is 1.97. The summed E-state index contributed by atoms with van der Waals surface area (Å²) in [5, 5.41) is 11.9. The minimum absolute atomic E-state index is 0.0856. The van der Waals surface area contributed by atoms with Crippen molar-refractivity contribution in [1.82, 2.24) is 15.1 Å². The maximum Gasteiger partial charge on any atom is 0.416 e. The third-order valence-corrected chi connectivity index (χ3v) is 6.24. The molecule has 6 nitrogen and oxygen atoms in total. The zero-order chi connectivity index (χ0) is 26.7. The van der Waals surface area contributed by atoms with Crippen molar-refractivity contribution in [3.63, 3.8) is 0 Å². The Kier molecular flexibility index (Phi) is 8.11. The van der Waals surface area contributed by atoms with Gasteiger partial charge in [-0.1, -0.05) is 45.6 Å². The fourth-order valence-corrected chi connectivity index (χ4v) is 3.72. The lowest BCUT2D eigenvalue weighted by molar-refractivity contribution is -0.137. The van der Waals surface area contributed by atoms with E-state index in [0.29, 0.717) is 41.7 Å². The van der Waals surface area contributed by atoms with Gasteiger partial charge in [-0.05, 0) is 38.5 Å². The van der Waals surface area contributed by atoms with Crippen molar-refractivity contribution in [1.29, 1.82) is 0 Å². The van der Waals surface area contributed by atoms with Gasteiger partial charge in [-0.25, -0.2) is 4.99 Å². The minimum atomic E-state index is -4.42. The van der Waals surface area contributed by atoms with E-state index in [-0.39, 0.29) is 5.41 Å². The summed E-state index contributed by atoms with van der Waals surface area (Å²) in [6.07, 6.45) is 0.758. The number of nitrogens with one attached hydrogen (secondary N) is 1. The highest BCUT2D eigenvalue weighted by atomic mass is 19.4. The lowest BCUT2D eigenvalue weighted by atomic mass is 9.91. The van der Waals surface area contributed by atoms with Gasteiger partial charge in [0.2, 0.25) is 0 Å². The molecule has 1 aromatic carbocycles. The molecule has 0 radical (unpaired) electrons. The fraction of sp³-hybridized carbons (Fsp3) is 0.444. The maximum atomic E-state index is 13.3. The van der Waals surface area contributed by atoms with Gasteiger partial charge in [0.1, 0.15) is 11.7 Å². The highest BCUT2D eigenvalue weighted by Crippen LogP contribution is 2.31. The molecule has 0 atom stereocenters. The van der Waals surface area contributed by atoms with Crippen LogP contribution in [0.1, 0.15) is 58.6 Å². The van der Waals surface area contributed by atoms with Crippen LogP contribution in [-0.4, -0.2) is 47.2 Å². The van der Waals surface area contributed by atoms with Crippen LogP contribution in [0.15, 0.2) is 75.5 Å². The number of alkyl halides is 3. The summed E-state index contributed by atoms with van der Waals surface area (Å²) in [4.78, 5) is 8.99. The van der Waals surface area contributed by atoms with E-state index in [1.807, 2.05) is 31.9 Å². The van der Waals surface area contributed by atoms with Gasteiger partial charge in [0, 0.05) is 43.2 Å². The van der Waals surface area contributed by atoms with Crippen molar-refractivity contribution in [3.05, 3.63) is 71.5 Å². The normalized spacial score (nSPS) is 18.0. The van der Waals surface area contributed by atoms with Crippen LogP contribution in [0.4, 0.5) is 13.2 Å². The molecule has 0 aromatic heterocycles. The van der Waals surface area contributed by atoms with E-state index in [9.17, 15) is 13.2 Å². The van der Waals surface area contributed by atoms with Crippen LogP contribution < -0.4 is 5.32 Å². The van der Waals surface area contributed by atoms with Gasteiger partial charge in [-0.15, -0.1) is 5.10 Å². The molecule has 0 spiro atoms. The van der Waals surface area contributed by atoms with Crippen molar-refractivity contribution in [2.24, 2.45) is 20.6 Å². The number of allylic oxidation sites excluding steroid dienone is 2. The van der Waals surface area contributed by atoms with Gasteiger partial charge in [0.15, 0.2) is 5.82 Å². The van der Waals surface area contributed by atoms with E-state index < -0.39 is 11.7 Å². The van der Waals surface area contributed by atoms with Gasteiger partial charge >= 0.3 is 6.18 Å². The van der Waals surface area contributed by atoms with Crippen molar-refractivity contribution < 1.29 is 13.2 Å². The molecule has 36 heavy (non-hydrogen) atoms. The molecule has 2 aliphatic heterocycles. The van der Waals surface area contributed by atoms with Crippen LogP contribution in [0.2, 0.25) is 0 Å². The summed E-state index contributed by atoms with van der Waals surface area (Å²) in [5.74, 6) is 1.82. The molecular formula is C27H35F3N6. The van der Waals surface area contributed by atoms with Crippen LogP contribution in [0.25, 0.3) is 0 Å². The Labute approximate surface area is 211 Å². The lowest BCUT2D eigenvalue weighted by Gasteiger charge is -2.28. The second-order valence-corrected chi connectivity index (χ2v) is 10.1. The van der Waals surface area contributed by atoms with Gasteiger partial charge in [0.05, 0.1) is 17.0 Å². The first-order valence-corrected chi connectivity index (χ1v) is 12.0. The first kappa shape index (κ1) is 27.2. The standard InChI is InChI=1S/C27H35F3N6/c1-18(26(4,5)6)33-34-19(2)31-20(3)36-16-10-15-35(7)24-14-9-13-23(32-25(24)36)21-11-8-12-22(17-21)27(28,29)30/h8-9,11-13,17H,3,10,14-16H2,1-2,4-7H3,(H,31,34)/b33-18+. The molecule has 3 rings (SSSR count). The molecule has 0 saturated heterocycles. The highest BCUT2D eigenvalue weighted by molar-refractivity contribution is 6.09. The molecule has 1 N–H and O–H groups in total. The Morgan fingerprint density at radius 3 is 2.50 bits per heavy atom. The Bertz CT molecular complexity index is 1150. The minimum Gasteiger partial charge on any atom is -0.375 e. The molecule has 0 unspecified atom stereocenters. The monoisotopic (exact) mass is 500 g/mol. The molecule has 0 amide bonds. The molecule has 0 saturated carbocycles. The molecule has 194 valence electrons. The summed E-state index contributed by atoms with van der Waals surface area (Å²) in [7, 11) is 2.00. The number of amidine groups is 1. The van der Waals surface area contributed by atoms with Crippen LogP contribution >= 0.6 is 0 Å². The number of rotatable bonds is 4. The molecule has 0 aliphatic carbocycles. The van der Waals surface area contributed by atoms with Crippen molar-refractivity contribution in [2.45, 2.75) is 53.6 Å². The number of nitrogens with zero attached hydrogens (tertiary/aromatic N) is 5. The SMILES string of the molecule is C=C(N/C(C)=N/N=C(\C)C(C)(C)C)N1CCCN(C)C2=C1N=C(c1cccc(C(F)(F)F)c1)C=CC2. The summed E-state index contributed by atoms with van der Waals surface area (Å²) < 4.78 is 40.0. The molecule has 2 heterocycles. The quantitative estimate of drug-likeness (QED) is 0.306. The predicted octanol–water partition coefficient (Wildman–Crippen LogP) is 6.16. The summed E-state index contributed by atoms with van der Waals surface area (Å²) in [6, 6.07) is 5.26. The number of hydrogen-bond donors (Lipinski definition) is 1. The fourth-order valence-electron chi connectivity index (χ4n) is 3.72. The van der Waals surface area contributed by atoms with E-state index in [0.717, 1.165) is 36.5 Å². The molecule has 0 bridgehead atoms. The Morgan fingerprint density at radius 1 is 1.11 bits per heavy atom. The molecule has 0 fully saturated rings. The van der Waals surface area contributed by atoms with E-state index in [1.165, 1.54) is 6.07 Å². The van der Waals surface area contributed by atoms with Crippen LogP contribution in [0, 0.1) is 5.41 Å². The number of halogens is 3. The van der Waals surface area contributed by atoms with E-state index in [1.54, 1.807) is 12.1 Å². The van der Waals surface area contributed by atoms with Crippen molar-refractivity contribution >= 4 is 17.3 Å². The average Bonchev–Trinajstić information content (AvgIpc) is 3.10. The van der Waals surface area contributed by atoms with Gasteiger partial charge in [-0.2, -0.15) is 18.3 Å². The largest absolute Gasteiger partial charge is 0.416 e. The zero-order valence-electron chi connectivity index (χ0n) is 21.9. The molecule has 2 aliphatic rings. The van der Waals surface area contributed by atoms with Crippen LogP contribution in [-0.2, 0) is 6.18 Å². The van der Waals surface area contributed by atoms with Crippen molar-refractivity contribution in [3.8, 4) is 0 Å². The highest BCUT2D eigenvalue weighted by Gasteiger charge is 2.31. The molecule has 9 heteroatoms. The molecular weight excluding hydrogens is 465 g/mol. The second kappa shape index (κ2) is 10.7. The number of aliphatic imine (C=N–C) groups is 1. The summed E-state index contributed by atoms with van der Waals surface area (Å²) >= 11 is 0. The van der Waals surface area contributed by atoms with Crippen LogP contribution in [0.5, 0.6) is 0 Å². The van der Waals surface area contributed by atoms with Crippen LogP contribution in [0.3, 0.4) is 0 Å². The third kappa shape index (κ3) is 6.65. The van der Waals surface area contributed by atoms with Gasteiger partial charge < -0.3 is 15.1 Å². The van der Waals surface area contributed by atoms with E-state index >= 15 is 0 Å². The maximum absolute atomic E-state index is 13.3. The second-order valence-electron chi connectivity index (χ2n) is 10.1. The number of benzene rings is 1. The Morgan fingerprint density at radius 2 is 1.83 bits per heavy atom. The van der Waals surface area contributed by atoms with Crippen molar-refractivity contribution in [2.75, 3.05) is 20.1 Å². The topological polar surface area (TPSA) is 55.6 Å². The Balaban J connectivity index is 1.97. The first-order chi connectivity index (χ1) is 16.8. The smallest absolute Gasteiger partial charge is 0.375 e. The third-order valence-electron chi connectivity index (χ3n) is 6.24. The van der Waals surface area contributed by atoms with E-state index in [4.69, 9.17) is 4.99 Å². The molecule has 1 aromatic rings. The lowest BCUT2D eigenvalue weighted by Crippen LogP contribution is -2.34. The average molecular weight is 501 g/mol. The summed E-state index contributed by atoms with van der Waals surface area (Å²) in [6.45, 7) is 15.7. The van der Waals surface area contributed by atoms with Gasteiger partial charge in [0.25, 0.3) is 0 Å². The predicted molar refractivity (Wildman–Crippen MR) is 141 cm³/mol.